The fourth-order valence-corrected chi connectivity index (χ4v) is 3.72. The Morgan fingerprint density at radius 1 is 1.20 bits per heavy atom. The minimum absolute atomic E-state index is 0.0259. The van der Waals surface area contributed by atoms with Crippen molar-refractivity contribution in [3.8, 4) is 0 Å². The summed E-state index contributed by atoms with van der Waals surface area (Å²) in [6.45, 7) is 3.17. The lowest BCUT2D eigenvalue weighted by Gasteiger charge is -2.35. The SMILES string of the molecule is O=C(c1ccccc1Cl)C1CCCN1C1CCNCC1. The van der Waals surface area contributed by atoms with Crippen molar-refractivity contribution in [1.82, 2.24) is 10.2 Å². The van der Waals surface area contributed by atoms with Crippen LogP contribution >= 0.6 is 11.6 Å². The maximum absolute atomic E-state index is 12.8. The quantitative estimate of drug-likeness (QED) is 0.870. The highest BCUT2D eigenvalue weighted by molar-refractivity contribution is 6.34. The summed E-state index contributed by atoms with van der Waals surface area (Å²) in [5.41, 5.74) is 0.681. The first-order valence-electron chi connectivity index (χ1n) is 7.52. The second-order valence-corrected chi connectivity index (χ2v) is 6.13. The highest BCUT2D eigenvalue weighted by atomic mass is 35.5. The molecule has 1 atom stereocenters. The molecule has 0 amide bonds. The van der Waals surface area contributed by atoms with E-state index in [9.17, 15) is 4.79 Å². The number of likely N-dealkylation sites (tertiary alicyclic amines) is 1. The van der Waals surface area contributed by atoms with E-state index < -0.39 is 0 Å². The van der Waals surface area contributed by atoms with E-state index in [2.05, 4.69) is 10.2 Å². The van der Waals surface area contributed by atoms with Crippen LogP contribution in [0.4, 0.5) is 0 Å². The van der Waals surface area contributed by atoms with Gasteiger partial charge in [-0.1, -0.05) is 23.7 Å². The number of ketones is 1. The normalized spacial score (nSPS) is 24.9. The van der Waals surface area contributed by atoms with Gasteiger partial charge in [0.15, 0.2) is 5.78 Å². The van der Waals surface area contributed by atoms with E-state index >= 15 is 0 Å². The van der Waals surface area contributed by atoms with Crippen molar-refractivity contribution < 1.29 is 4.79 Å². The molecule has 0 spiro atoms. The third-order valence-electron chi connectivity index (χ3n) is 4.51. The summed E-state index contributed by atoms with van der Waals surface area (Å²) < 4.78 is 0. The summed E-state index contributed by atoms with van der Waals surface area (Å²) in [5.74, 6) is 0.201. The summed E-state index contributed by atoms with van der Waals surface area (Å²) in [6, 6.07) is 8.00. The van der Waals surface area contributed by atoms with E-state index in [1.807, 2.05) is 18.2 Å². The van der Waals surface area contributed by atoms with Crippen LogP contribution < -0.4 is 5.32 Å². The van der Waals surface area contributed by atoms with Crippen LogP contribution in [0.25, 0.3) is 0 Å². The molecule has 3 nitrogen and oxygen atoms in total. The number of carbonyl (C=O) groups excluding carboxylic acids is 1. The number of nitrogens with zero attached hydrogens (tertiary/aromatic N) is 1. The molecule has 2 aliphatic heterocycles. The Hall–Kier alpha value is -0.900. The number of halogens is 1. The summed E-state index contributed by atoms with van der Waals surface area (Å²) in [4.78, 5) is 15.2. The molecule has 2 aliphatic rings. The molecule has 1 aromatic carbocycles. The molecule has 2 saturated heterocycles. The minimum Gasteiger partial charge on any atom is -0.317 e. The molecule has 20 heavy (non-hydrogen) atoms. The lowest BCUT2D eigenvalue weighted by atomic mass is 9.98. The molecule has 2 fully saturated rings. The van der Waals surface area contributed by atoms with E-state index in [1.54, 1.807) is 6.07 Å². The Bertz CT molecular complexity index is 485. The monoisotopic (exact) mass is 292 g/mol. The Morgan fingerprint density at radius 3 is 2.70 bits per heavy atom. The zero-order valence-electron chi connectivity index (χ0n) is 11.6. The van der Waals surface area contributed by atoms with Crippen LogP contribution in [0.1, 0.15) is 36.0 Å². The van der Waals surface area contributed by atoms with Crippen molar-refractivity contribution in [1.29, 1.82) is 0 Å². The highest BCUT2D eigenvalue weighted by Crippen LogP contribution is 2.28. The number of Topliss-reactive ketones (excluding diaryl/α,β-unsaturated/α-hetero) is 1. The Labute approximate surface area is 125 Å². The van der Waals surface area contributed by atoms with Gasteiger partial charge in [0.1, 0.15) is 0 Å². The van der Waals surface area contributed by atoms with Crippen LogP contribution in [0.3, 0.4) is 0 Å². The maximum atomic E-state index is 12.8. The molecule has 0 aromatic heterocycles. The van der Waals surface area contributed by atoms with E-state index in [0.29, 0.717) is 16.6 Å². The Morgan fingerprint density at radius 2 is 1.95 bits per heavy atom. The van der Waals surface area contributed by atoms with E-state index in [-0.39, 0.29) is 11.8 Å². The first-order chi connectivity index (χ1) is 9.77. The zero-order valence-corrected chi connectivity index (χ0v) is 12.4. The fraction of sp³-hybridized carbons (Fsp3) is 0.562. The number of hydrogen-bond donors (Lipinski definition) is 1. The standard InChI is InChI=1S/C16H21ClN2O/c17-14-5-2-1-4-13(14)16(20)15-6-3-11-19(15)12-7-9-18-10-8-12/h1-2,4-5,12,15,18H,3,6-11H2. The van der Waals surface area contributed by atoms with Crippen LogP contribution in [-0.2, 0) is 0 Å². The summed E-state index contributed by atoms with van der Waals surface area (Å²) in [7, 11) is 0. The number of nitrogens with one attached hydrogen (secondary N) is 1. The molecule has 108 valence electrons. The lowest BCUT2D eigenvalue weighted by Crippen LogP contribution is -2.47. The molecular weight excluding hydrogens is 272 g/mol. The molecule has 4 heteroatoms. The second-order valence-electron chi connectivity index (χ2n) is 5.72. The number of benzene rings is 1. The predicted molar refractivity (Wildman–Crippen MR) is 81.4 cm³/mol. The molecule has 1 unspecified atom stereocenters. The maximum Gasteiger partial charge on any atom is 0.181 e. The van der Waals surface area contributed by atoms with E-state index in [1.165, 1.54) is 0 Å². The van der Waals surface area contributed by atoms with Gasteiger partial charge in [0.05, 0.1) is 11.1 Å². The van der Waals surface area contributed by atoms with Crippen LogP contribution in [0.5, 0.6) is 0 Å². The fourth-order valence-electron chi connectivity index (χ4n) is 3.49. The Kier molecular flexibility index (Phi) is 4.39. The van der Waals surface area contributed by atoms with Gasteiger partial charge in [0.2, 0.25) is 0 Å². The first-order valence-corrected chi connectivity index (χ1v) is 7.90. The molecule has 2 heterocycles. The number of piperidine rings is 1. The number of rotatable bonds is 3. The molecule has 1 N–H and O–H groups in total. The van der Waals surface area contributed by atoms with Crippen LogP contribution in [0.2, 0.25) is 5.02 Å². The van der Waals surface area contributed by atoms with E-state index in [0.717, 1.165) is 45.3 Å². The number of carbonyl (C=O) groups is 1. The molecule has 1 aromatic rings. The largest absolute Gasteiger partial charge is 0.317 e. The van der Waals surface area contributed by atoms with Crippen LogP contribution in [-0.4, -0.2) is 42.4 Å². The molecule has 0 radical (unpaired) electrons. The van der Waals surface area contributed by atoms with Crippen LogP contribution in [0.15, 0.2) is 24.3 Å². The van der Waals surface area contributed by atoms with Gasteiger partial charge >= 0.3 is 0 Å². The lowest BCUT2D eigenvalue weighted by molar-refractivity contribution is 0.0784. The second kappa shape index (κ2) is 6.25. The minimum atomic E-state index is 0.0259. The van der Waals surface area contributed by atoms with Gasteiger partial charge in [-0.2, -0.15) is 0 Å². The van der Waals surface area contributed by atoms with Gasteiger partial charge in [0.25, 0.3) is 0 Å². The third kappa shape index (κ3) is 2.76. The Balaban J connectivity index is 1.78. The number of hydrogen-bond acceptors (Lipinski definition) is 3. The van der Waals surface area contributed by atoms with Gasteiger partial charge in [-0.15, -0.1) is 0 Å². The highest BCUT2D eigenvalue weighted by Gasteiger charge is 2.36. The molecule has 0 bridgehead atoms. The van der Waals surface area contributed by atoms with Crippen molar-refractivity contribution in [2.24, 2.45) is 0 Å². The average Bonchev–Trinajstić information content (AvgIpc) is 2.97. The third-order valence-corrected chi connectivity index (χ3v) is 4.84. The average molecular weight is 293 g/mol. The predicted octanol–water partition coefficient (Wildman–Crippen LogP) is 2.74. The summed E-state index contributed by atoms with van der Waals surface area (Å²) in [6.07, 6.45) is 4.37. The van der Waals surface area contributed by atoms with Gasteiger partial charge in [-0.3, -0.25) is 9.69 Å². The molecular formula is C16H21ClN2O. The topological polar surface area (TPSA) is 32.3 Å². The first kappa shape index (κ1) is 14.1. The zero-order chi connectivity index (χ0) is 13.9. The van der Waals surface area contributed by atoms with Crippen molar-refractivity contribution in [3.63, 3.8) is 0 Å². The van der Waals surface area contributed by atoms with Gasteiger partial charge in [0, 0.05) is 11.6 Å². The van der Waals surface area contributed by atoms with Gasteiger partial charge in [-0.25, -0.2) is 0 Å². The van der Waals surface area contributed by atoms with Crippen molar-refractivity contribution in [2.75, 3.05) is 19.6 Å². The molecule has 0 aliphatic carbocycles. The summed E-state index contributed by atoms with van der Waals surface area (Å²) in [5, 5.41) is 3.97. The summed E-state index contributed by atoms with van der Waals surface area (Å²) >= 11 is 6.18. The van der Waals surface area contributed by atoms with Gasteiger partial charge in [-0.05, 0) is 57.5 Å². The van der Waals surface area contributed by atoms with Crippen LogP contribution in [0, 0.1) is 0 Å². The molecule has 3 rings (SSSR count). The van der Waals surface area contributed by atoms with Crippen molar-refractivity contribution in [2.45, 2.75) is 37.8 Å². The van der Waals surface area contributed by atoms with Crippen molar-refractivity contribution >= 4 is 17.4 Å². The smallest absolute Gasteiger partial charge is 0.181 e. The molecule has 0 saturated carbocycles. The van der Waals surface area contributed by atoms with E-state index in [4.69, 9.17) is 11.6 Å². The van der Waals surface area contributed by atoms with Crippen molar-refractivity contribution in [3.05, 3.63) is 34.9 Å². The van der Waals surface area contributed by atoms with Gasteiger partial charge < -0.3 is 5.32 Å².